The molecule has 1 N–H and O–H groups in total. The molecule has 28 heavy (non-hydrogen) atoms. The first-order valence-electron chi connectivity index (χ1n) is 9.89. The second-order valence-corrected chi connectivity index (χ2v) is 7.53. The summed E-state index contributed by atoms with van der Waals surface area (Å²) in [6.45, 7) is 0.659. The lowest BCUT2D eigenvalue weighted by Crippen LogP contribution is -2.52. The Bertz CT molecular complexity index is 677. The van der Waals surface area contributed by atoms with E-state index in [0.717, 1.165) is 18.4 Å². The van der Waals surface area contributed by atoms with E-state index < -0.39 is 0 Å². The minimum atomic E-state index is -0.109. The van der Waals surface area contributed by atoms with Crippen LogP contribution in [-0.2, 0) is 4.79 Å². The van der Waals surface area contributed by atoms with Crippen molar-refractivity contribution >= 4 is 12.0 Å². The molecule has 1 fully saturated rings. The van der Waals surface area contributed by atoms with Gasteiger partial charge in [0, 0.05) is 29.8 Å². The molecular weight excluding hydrogens is 356 g/mol. The van der Waals surface area contributed by atoms with E-state index in [-0.39, 0.29) is 11.4 Å². The Kier molecular flexibility index (Phi) is 8.18. The molecule has 0 atom stereocenters. The number of methoxy groups -OCH3 is 3. The minimum Gasteiger partial charge on any atom is -0.496 e. The van der Waals surface area contributed by atoms with Gasteiger partial charge in [-0.25, -0.2) is 0 Å². The molecule has 1 saturated carbocycles. The maximum absolute atomic E-state index is 12.5. The van der Waals surface area contributed by atoms with E-state index in [9.17, 15) is 4.79 Å². The van der Waals surface area contributed by atoms with Crippen LogP contribution >= 0.6 is 0 Å². The SMILES string of the molecule is COc1cc(OC)c(OC)cc1C=CC(=O)NCC1(N(C)C)CCCCCC1. The number of hydrogen-bond donors (Lipinski definition) is 1. The fourth-order valence-corrected chi connectivity index (χ4v) is 3.83. The molecule has 2 rings (SSSR count). The zero-order chi connectivity index (χ0) is 20.6. The summed E-state index contributed by atoms with van der Waals surface area (Å²) in [4.78, 5) is 14.8. The van der Waals surface area contributed by atoms with Crippen LogP contribution in [0.1, 0.15) is 44.1 Å². The normalized spacial score (nSPS) is 16.6. The average molecular weight is 391 g/mol. The highest BCUT2D eigenvalue weighted by Crippen LogP contribution is 2.35. The van der Waals surface area contributed by atoms with Crippen molar-refractivity contribution in [3.05, 3.63) is 23.8 Å². The van der Waals surface area contributed by atoms with Crippen LogP contribution in [0.15, 0.2) is 18.2 Å². The summed E-state index contributed by atoms with van der Waals surface area (Å²) < 4.78 is 16.0. The van der Waals surface area contributed by atoms with Crippen LogP contribution in [-0.4, -0.2) is 58.3 Å². The van der Waals surface area contributed by atoms with Gasteiger partial charge in [-0.15, -0.1) is 0 Å². The standard InChI is InChI=1S/C22H34N2O4/c1-24(2)22(12-8-6-7-9-13-22)16-23-21(25)11-10-17-14-19(27-4)20(28-5)15-18(17)26-3/h10-11,14-15H,6-9,12-13,16H2,1-5H3,(H,23,25). The molecule has 1 aromatic rings. The second-order valence-electron chi connectivity index (χ2n) is 7.53. The Morgan fingerprint density at radius 1 is 1.00 bits per heavy atom. The first kappa shape index (κ1) is 22.1. The van der Waals surface area contributed by atoms with E-state index in [0.29, 0.717) is 23.8 Å². The van der Waals surface area contributed by atoms with E-state index in [1.807, 2.05) is 0 Å². The molecule has 0 bridgehead atoms. The molecule has 6 heteroatoms. The van der Waals surface area contributed by atoms with Crippen molar-refractivity contribution in [3.63, 3.8) is 0 Å². The van der Waals surface area contributed by atoms with E-state index >= 15 is 0 Å². The Morgan fingerprint density at radius 2 is 1.57 bits per heavy atom. The number of benzene rings is 1. The van der Waals surface area contributed by atoms with E-state index in [2.05, 4.69) is 24.3 Å². The van der Waals surface area contributed by atoms with Gasteiger partial charge in [0.1, 0.15) is 5.75 Å². The van der Waals surface area contributed by atoms with Gasteiger partial charge in [0.15, 0.2) is 11.5 Å². The lowest BCUT2D eigenvalue weighted by Gasteiger charge is -2.39. The van der Waals surface area contributed by atoms with Gasteiger partial charge in [-0.05, 0) is 39.1 Å². The highest BCUT2D eigenvalue weighted by atomic mass is 16.5. The molecule has 0 spiro atoms. The third kappa shape index (κ3) is 5.41. The van der Waals surface area contributed by atoms with Crippen molar-refractivity contribution in [3.8, 4) is 17.2 Å². The van der Waals surface area contributed by atoms with Crippen LogP contribution in [0.4, 0.5) is 0 Å². The molecule has 0 heterocycles. The molecule has 0 aromatic heterocycles. The monoisotopic (exact) mass is 390 g/mol. The Balaban J connectivity index is 2.08. The molecule has 1 amide bonds. The molecular formula is C22H34N2O4. The number of nitrogens with zero attached hydrogens (tertiary/aromatic N) is 1. The summed E-state index contributed by atoms with van der Waals surface area (Å²) in [5.74, 6) is 1.69. The summed E-state index contributed by atoms with van der Waals surface area (Å²) in [5.41, 5.74) is 0.799. The van der Waals surface area contributed by atoms with Gasteiger partial charge < -0.3 is 24.4 Å². The number of hydrogen-bond acceptors (Lipinski definition) is 5. The topological polar surface area (TPSA) is 60.0 Å². The zero-order valence-electron chi connectivity index (χ0n) is 17.8. The Labute approximate surface area is 168 Å². The van der Waals surface area contributed by atoms with E-state index in [4.69, 9.17) is 14.2 Å². The van der Waals surface area contributed by atoms with Gasteiger partial charge >= 0.3 is 0 Å². The third-order valence-corrected chi connectivity index (χ3v) is 5.72. The highest BCUT2D eigenvalue weighted by molar-refractivity contribution is 5.92. The first-order chi connectivity index (χ1) is 13.5. The second kappa shape index (κ2) is 10.4. The Hall–Kier alpha value is -2.21. The van der Waals surface area contributed by atoms with Crippen molar-refractivity contribution in [2.24, 2.45) is 0 Å². The van der Waals surface area contributed by atoms with Gasteiger partial charge in [0.05, 0.1) is 21.3 Å². The number of carbonyl (C=O) groups is 1. The van der Waals surface area contributed by atoms with Crippen LogP contribution in [0.3, 0.4) is 0 Å². The summed E-state index contributed by atoms with van der Waals surface area (Å²) >= 11 is 0. The maximum atomic E-state index is 12.5. The van der Waals surface area contributed by atoms with Gasteiger partial charge in [-0.1, -0.05) is 25.7 Å². The lowest BCUT2D eigenvalue weighted by atomic mass is 9.88. The quantitative estimate of drug-likeness (QED) is 0.544. The van der Waals surface area contributed by atoms with Crippen molar-refractivity contribution in [2.75, 3.05) is 42.0 Å². The largest absolute Gasteiger partial charge is 0.496 e. The number of carbonyl (C=O) groups excluding carboxylic acids is 1. The van der Waals surface area contributed by atoms with Gasteiger partial charge in [-0.2, -0.15) is 0 Å². The lowest BCUT2D eigenvalue weighted by molar-refractivity contribution is -0.117. The molecule has 0 unspecified atom stereocenters. The van der Waals surface area contributed by atoms with Crippen molar-refractivity contribution in [1.82, 2.24) is 10.2 Å². The van der Waals surface area contributed by atoms with E-state index in [1.54, 1.807) is 45.6 Å². The minimum absolute atomic E-state index is 0.0427. The fourth-order valence-electron chi connectivity index (χ4n) is 3.83. The number of ether oxygens (including phenoxy) is 3. The highest BCUT2D eigenvalue weighted by Gasteiger charge is 2.33. The number of nitrogens with one attached hydrogen (secondary N) is 1. The number of amides is 1. The molecule has 1 aromatic carbocycles. The van der Waals surface area contributed by atoms with Gasteiger partial charge in [0.2, 0.25) is 5.91 Å². The van der Waals surface area contributed by atoms with Crippen molar-refractivity contribution < 1.29 is 19.0 Å². The van der Waals surface area contributed by atoms with Crippen LogP contribution < -0.4 is 19.5 Å². The van der Waals surface area contributed by atoms with Crippen LogP contribution in [0, 0.1) is 0 Å². The number of likely N-dealkylation sites (N-methyl/N-ethyl adjacent to an activating group) is 1. The van der Waals surface area contributed by atoms with Crippen LogP contribution in [0.25, 0.3) is 6.08 Å². The van der Waals surface area contributed by atoms with Gasteiger partial charge in [0.25, 0.3) is 0 Å². The smallest absolute Gasteiger partial charge is 0.244 e. The predicted molar refractivity (Wildman–Crippen MR) is 112 cm³/mol. The molecule has 1 aliphatic rings. The van der Waals surface area contributed by atoms with Crippen LogP contribution in [0.5, 0.6) is 17.2 Å². The first-order valence-corrected chi connectivity index (χ1v) is 9.89. The molecule has 0 saturated heterocycles. The predicted octanol–water partition coefficient (Wildman–Crippen LogP) is 3.50. The molecule has 0 radical (unpaired) electrons. The fraction of sp³-hybridized carbons (Fsp3) is 0.591. The van der Waals surface area contributed by atoms with E-state index in [1.165, 1.54) is 25.7 Å². The van der Waals surface area contributed by atoms with Crippen molar-refractivity contribution in [1.29, 1.82) is 0 Å². The summed E-state index contributed by atoms with van der Waals surface area (Å²) in [5, 5.41) is 3.10. The summed E-state index contributed by atoms with van der Waals surface area (Å²) in [7, 11) is 8.97. The Morgan fingerprint density at radius 3 is 2.11 bits per heavy atom. The molecule has 1 aliphatic carbocycles. The van der Waals surface area contributed by atoms with Crippen molar-refractivity contribution in [2.45, 2.75) is 44.1 Å². The number of rotatable bonds is 8. The molecule has 6 nitrogen and oxygen atoms in total. The third-order valence-electron chi connectivity index (χ3n) is 5.72. The average Bonchev–Trinajstić information content (AvgIpc) is 2.96. The zero-order valence-corrected chi connectivity index (χ0v) is 17.8. The molecule has 156 valence electrons. The summed E-state index contributed by atoms with van der Waals surface area (Å²) in [6, 6.07) is 3.55. The van der Waals surface area contributed by atoms with Gasteiger partial charge in [-0.3, -0.25) is 4.79 Å². The summed E-state index contributed by atoms with van der Waals surface area (Å²) in [6.07, 6.45) is 10.5. The maximum Gasteiger partial charge on any atom is 0.244 e. The molecule has 0 aliphatic heterocycles. The van der Waals surface area contributed by atoms with Crippen LogP contribution in [0.2, 0.25) is 0 Å².